The number of amides is 1. The third-order valence-electron chi connectivity index (χ3n) is 5.69. The number of esters is 1. The minimum atomic E-state index is -4.11. The summed E-state index contributed by atoms with van der Waals surface area (Å²) < 4.78 is 35.1. The van der Waals surface area contributed by atoms with Crippen molar-refractivity contribution in [2.45, 2.75) is 25.7 Å². The van der Waals surface area contributed by atoms with Gasteiger partial charge in [-0.1, -0.05) is 6.07 Å². The number of nitrogens with zero attached hydrogens (tertiary/aromatic N) is 4. The minimum Gasteiger partial charge on any atom is -0.462 e. The van der Waals surface area contributed by atoms with Crippen LogP contribution in [0, 0.1) is 13.8 Å². The second-order valence-corrected chi connectivity index (χ2v) is 9.24. The summed E-state index contributed by atoms with van der Waals surface area (Å²) in [5.41, 5.74) is 0.878. The summed E-state index contributed by atoms with van der Waals surface area (Å²) in [5, 5.41) is 0. The number of sulfonamides is 1. The molecule has 1 aliphatic heterocycles. The maximum Gasteiger partial charge on any atom is 0.341 e. The first-order valence-electron chi connectivity index (χ1n) is 10.4. The van der Waals surface area contributed by atoms with Gasteiger partial charge in [0.25, 0.3) is 0 Å². The number of aromatic nitrogens is 2. The van der Waals surface area contributed by atoms with E-state index in [0.29, 0.717) is 37.6 Å². The van der Waals surface area contributed by atoms with E-state index in [4.69, 9.17) is 4.74 Å². The van der Waals surface area contributed by atoms with Crippen LogP contribution in [0.1, 0.15) is 28.7 Å². The van der Waals surface area contributed by atoms with Crippen LogP contribution in [0.4, 0.5) is 5.82 Å². The third-order valence-corrected chi connectivity index (χ3v) is 7.25. The molecule has 0 unspecified atom stereocenters. The van der Waals surface area contributed by atoms with Gasteiger partial charge in [-0.15, -0.1) is 0 Å². The monoisotopic (exact) mass is 463 g/mol. The molecule has 0 radical (unpaired) electrons. The van der Waals surface area contributed by atoms with Gasteiger partial charge in [0.05, 0.1) is 13.2 Å². The lowest BCUT2D eigenvalue weighted by Gasteiger charge is -2.35. The van der Waals surface area contributed by atoms with Crippen molar-refractivity contribution < 1.29 is 22.7 Å². The zero-order valence-electron chi connectivity index (χ0n) is 18.8. The van der Waals surface area contributed by atoms with Crippen LogP contribution >= 0.6 is 0 Å². The lowest BCUT2D eigenvalue weighted by Crippen LogP contribution is -2.51. The number of ether oxygens (including phenoxy) is 1. The Hall–Kier alpha value is -2.92. The smallest absolute Gasteiger partial charge is 0.341 e. The first-order chi connectivity index (χ1) is 15.2. The van der Waals surface area contributed by atoms with Crippen molar-refractivity contribution in [2.75, 3.05) is 44.2 Å². The summed E-state index contributed by atoms with van der Waals surface area (Å²) in [7, 11) is -2.43. The van der Waals surface area contributed by atoms with Gasteiger partial charge in [0.15, 0.2) is 0 Å². The Bertz CT molecular complexity index is 1090. The predicted octanol–water partition coefficient (Wildman–Crippen LogP) is 0.841. The molecule has 0 atom stereocenters. The van der Waals surface area contributed by atoms with Crippen molar-refractivity contribution in [1.82, 2.24) is 19.2 Å². The number of rotatable bonds is 7. The Morgan fingerprint density at radius 1 is 1.12 bits per heavy atom. The van der Waals surface area contributed by atoms with Crippen molar-refractivity contribution in [3.8, 4) is 0 Å². The number of pyridine rings is 1. The number of piperazine rings is 1. The standard InChI is InChI=1S/C21H29N5O5S/c1-5-31-21(28)19-15(2)24(4)16(3)20(19)32(29,30)23-14-18(27)26-12-10-25(11-13-26)17-8-6-7-9-22-17/h6-9,23H,5,10-14H2,1-4H3. The van der Waals surface area contributed by atoms with E-state index in [1.165, 1.54) is 0 Å². The van der Waals surface area contributed by atoms with Crippen LogP contribution in [-0.4, -0.2) is 74.1 Å². The van der Waals surface area contributed by atoms with Gasteiger partial charge in [0.2, 0.25) is 15.9 Å². The van der Waals surface area contributed by atoms with Crippen LogP contribution in [0.15, 0.2) is 29.3 Å². The molecule has 32 heavy (non-hydrogen) atoms. The van der Waals surface area contributed by atoms with Gasteiger partial charge in [0, 0.05) is 50.8 Å². The van der Waals surface area contributed by atoms with E-state index in [1.807, 2.05) is 18.2 Å². The number of nitrogens with one attached hydrogen (secondary N) is 1. The number of anilines is 1. The van der Waals surface area contributed by atoms with Crippen LogP contribution in [0.2, 0.25) is 0 Å². The zero-order valence-corrected chi connectivity index (χ0v) is 19.6. The van der Waals surface area contributed by atoms with E-state index in [-0.39, 0.29) is 29.5 Å². The summed E-state index contributed by atoms with van der Waals surface area (Å²) in [4.78, 5) is 33.0. The van der Waals surface area contributed by atoms with Gasteiger partial charge in [-0.2, -0.15) is 0 Å². The largest absolute Gasteiger partial charge is 0.462 e. The van der Waals surface area contributed by atoms with Crippen LogP contribution in [-0.2, 0) is 26.6 Å². The molecule has 174 valence electrons. The lowest BCUT2D eigenvalue weighted by molar-refractivity contribution is -0.130. The molecule has 3 heterocycles. The van der Waals surface area contributed by atoms with E-state index in [2.05, 4.69) is 14.6 Å². The highest BCUT2D eigenvalue weighted by atomic mass is 32.2. The number of hydrogen-bond acceptors (Lipinski definition) is 7. The van der Waals surface area contributed by atoms with Gasteiger partial charge >= 0.3 is 5.97 Å². The molecule has 1 amide bonds. The van der Waals surface area contributed by atoms with Gasteiger partial charge in [0.1, 0.15) is 16.3 Å². The molecule has 11 heteroatoms. The third kappa shape index (κ3) is 4.78. The SMILES string of the molecule is CCOC(=O)c1c(S(=O)(=O)NCC(=O)N2CCN(c3ccccn3)CC2)c(C)n(C)c1C. The molecule has 1 N–H and O–H groups in total. The van der Waals surface area contributed by atoms with E-state index >= 15 is 0 Å². The molecule has 2 aromatic heterocycles. The molecule has 1 fully saturated rings. The van der Waals surface area contributed by atoms with Crippen molar-refractivity contribution in [2.24, 2.45) is 7.05 Å². The minimum absolute atomic E-state index is 0.00391. The van der Waals surface area contributed by atoms with Crippen LogP contribution in [0.25, 0.3) is 0 Å². The number of carbonyl (C=O) groups excluding carboxylic acids is 2. The average Bonchev–Trinajstić information content (AvgIpc) is 3.03. The second-order valence-electron chi connectivity index (χ2n) is 7.53. The summed E-state index contributed by atoms with van der Waals surface area (Å²) in [6, 6.07) is 5.67. The highest BCUT2D eigenvalue weighted by molar-refractivity contribution is 7.89. The van der Waals surface area contributed by atoms with Crippen molar-refractivity contribution in [3.63, 3.8) is 0 Å². The first kappa shape index (κ1) is 23.7. The Morgan fingerprint density at radius 3 is 2.41 bits per heavy atom. The van der Waals surface area contributed by atoms with Gasteiger partial charge in [-0.3, -0.25) is 4.79 Å². The molecular formula is C21H29N5O5S. The second kappa shape index (κ2) is 9.70. The summed E-state index contributed by atoms with van der Waals surface area (Å²) in [5.74, 6) is -0.176. The maximum absolute atomic E-state index is 13.1. The molecule has 10 nitrogen and oxygen atoms in total. The zero-order chi connectivity index (χ0) is 23.5. The van der Waals surface area contributed by atoms with Crippen LogP contribution in [0.3, 0.4) is 0 Å². The van der Waals surface area contributed by atoms with Gasteiger partial charge < -0.3 is 19.1 Å². The highest BCUT2D eigenvalue weighted by Crippen LogP contribution is 2.27. The highest BCUT2D eigenvalue weighted by Gasteiger charge is 2.32. The number of hydrogen-bond donors (Lipinski definition) is 1. The normalized spacial score (nSPS) is 14.5. The average molecular weight is 464 g/mol. The molecule has 0 bridgehead atoms. The van der Waals surface area contributed by atoms with Crippen molar-refractivity contribution in [3.05, 3.63) is 41.3 Å². The lowest BCUT2D eigenvalue weighted by atomic mass is 10.2. The summed E-state index contributed by atoms with van der Waals surface area (Å²) in [6.45, 7) is 6.82. The van der Waals surface area contributed by atoms with E-state index < -0.39 is 16.0 Å². The van der Waals surface area contributed by atoms with Gasteiger partial charge in [-0.25, -0.2) is 22.9 Å². The van der Waals surface area contributed by atoms with Crippen LogP contribution < -0.4 is 9.62 Å². The molecule has 2 aromatic rings. The summed E-state index contributed by atoms with van der Waals surface area (Å²) >= 11 is 0. The van der Waals surface area contributed by atoms with Gasteiger partial charge in [-0.05, 0) is 32.9 Å². The molecule has 0 aliphatic carbocycles. The molecule has 1 saturated heterocycles. The Kier molecular flexibility index (Phi) is 7.19. The molecular weight excluding hydrogens is 434 g/mol. The summed E-state index contributed by atoms with van der Waals surface area (Å²) in [6.07, 6.45) is 1.72. The molecule has 0 saturated carbocycles. The fourth-order valence-electron chi connectivity index (χ4n) is 3.76. The Labute approximate surface area is 188 Å². The van der Waals surface area contributed by atoms with Crippen molar-refractivity contribution >= 4 is 27.7 Å². The van der Waals surface area contributed by atoms with E-state index in [1.54, 1.807) is 43.5 Å². The Balaban J connectivity index is 1.68. The van der Waals surface area contributed by atoms with E-state index in [9.17, 15) is 18.0 Å². The topological polar surface area (TPSA) is 114 Å². The van der Waals surface area contributed by atoms with E-state index in [0.717, 1.165) is 5.82 Å². The predicted molar refractivity (Wildman–Crippen MR) is 119 cm³/mol. The molecule has 3 rings (SSSR count). The molecule has 1 aliphatic rings. The fourth-order valence-corrected chi connectivity index (χ4v) is 5.24. The first-order valence-corrected chi connectivity index (χ1v) is 11.9. The van der Waals surface area contributed by atoms with Crippen molar-refractivity contribution in [1.29, 1.82) is 0 Å². The molecule has 0 aromatic carbocycles. The molecule has 0 spiro atoms. The fraction of sp³-hybridized carbons (Fsp3) is 0.476. The Morgan fingerprint density at radius 2 is 1.81 bits per heavy atom. The van der Waals surface area contributed by atoms with Crippen LogP contribution in [0.5, 0.6) is 0 Å². The quantitative estimate of drug-likeness (QED) is 0.605. The number of carbonyl (C=O) groups is 2. The maximum atomic E-state index is 13.1.